The van der Waals surface area contributed by atoms with Gasteiger partial charge in [-0.15, -0.1) is 0 Å². The van der Waals surface area contributed by atoms with E-state index >= 15 is 0 Å². The van der Waals surface area contributed by atoms with E-state index in [4.69, 9.17) is 5.73 Å². The van der Waals surface area contributed by atoms with Crippen molar-refractivity contribution in [3.8, 4) is 0 Å². The number of likely N-dealkylation sites (tertiary alicyclic amines) is 1. The van der Waals surface area contributed by atoms with Gasteiger partial charge in [-0.2, -0.15) is 0 Å². The molecule has 1 saturated heterocycles. The summed E-state index contributed by atoms with van der Waals surface area (Å²) in [4.78, 5) is 2.69. The van der Waals surface area contributed by atoms with E-state index in [1.54, 1.807) is 0 Å². The van der Waals surface area contributed by atoms with Gasteiger partial charge in [0, 0.05) is 12.1 Å². The highest BCUT2D eigenvalue weighted by molar-refractivity contribution is 4.85. The van der Waals surface area contributed by atoms with Crippen LogP contribution in [0.15, 0.2) is 0 Å². The van der Waals surface area contributed by atoms with E-state index in [1.165, 1.54) is 32.2 Å². The summed E-state index contributed by atoms with van der Waals surface area (Å²) in [5, 5.41) is 0. The summed E-state index contributed by atoms with van der Waals surface area (Å²) in [5.74, 6) is 0. The molecule has 2 heteroatoms. The van der Waals surface area contributed by atoms with Crippen LogP contribution in [0.25, 0.3) is 0 Å². The molecule has 2 atom stereocenters. The molecule has 1 rings (SSSR count). The lowest BCUT2D eigenvalue weighted by Gasteiger charge is -2.31. The van der Waals surface area contributed by atoms with Crippen LogP contribution in [-0.4, -0.2) is 30.1 Å². The second kappa shape index (κ2) is 5.31. The lowest BCUT2D eigenvalue weighted by Crippen LogP contribution is -2.38. The smallest absolute Gasteiger partial charge is 0.00960 e. The molecule has 0 aromatic heterocycles. The van der Waals surface area contributed by atoms with Crippen molar-refractivity contribution in [1.82, 2.24) is 4.90 Å². The van der Waals surface area contributed by atoms with Crippen LogP contribution in [0.2, 0.25) is 0 Å². The molecule has 15 heavy (non-hydrogen) atoms. The topological polar surface area (TPSA) is 29.3 Å². The predicted octanol–water partition coefficient (Wildman–Crippen LogP) is 2.62. The van der Waals surface area contributed by atoms with E-state index in [1.807, 2.05) is 0 Å². The largest absolute Gasteiger partial charge is 0.330 e. The zero-order valence-corrected chi connectivity index (χ0v) is 10.9. The Morgan fingerprint density at radius 3 is 2.53 bits per heavy atom. The van der Waals surface area contributed by atoms with Crippen LogP contribution in [0.4, 0.5) is 0 Å². The highest BCUT2D eigenvalue weighted by Gasteiger charge is 2.30. The molecule has 0 aromatic rings. The normalized spacial score (nSPS) is 28.6. The zero-order chi connectivity index (χ0) is 11.5. The fraction of sp³-hybridized carbons (Fsp3) is 1.00. The molecule has 0 spiro atoms. The molecular formula is C13H28N2. The van der Waals surface area contributed by atoms with Gasteiger partial charge in [0.1, 0.15) is 0 Å². The highest BCUT2D eigenvalue weighted by atomic mass is 15.2. The van der Waals surface area contributed by atoms with Crippen molar-refractivity contribution in [2.75, 3.05) is 13.1 Å². The van der Waals surface area contributed by atoms with Gasteiger partial charge >= 0.3 is 0 Å². The Balaban J connectivity index is 2.42. The Bertz CT molecular complexity index is 189. The second-order valence-corrected chi connectivity index (χ2v) is 5.84. The van der Waals surface area contributed by atoms with Crippen molar-refractivity contribution in [2.24, 2.45) is 11.1 Å². The fourth-order valence-corrected chi connectivity index (χ4v) is 2.50. The third-order valence-electron chi connectivity index (χ3n) is 4.02. The lowest BCUT2D eigenvalue weighted by molar-refractivity contribution is 0.167. The Morgan fingerprint density at radius 1 is 1.33 bits per heavy atom. The van der Waals surface area contributed by atoms with Gasteiger partial charge in [0.25, 0.3) is 0 Å². The Kier molecular flexibility index (Phi) is 4.60. The van der Waals surface area contributed by atoms with Crippen molar-refractivity contribution in [3.63, 3.8) is 0 Å². The zero-order valence-electron chi connectivity index (χ0n) is 10.9. The van der Waals surface area contributed by atoms with Crippen molar-refractivity contribution in [3.05, 3.63) is 0 Å². The van der Waals surface area contributed by atoms with Crippen LogP contribution >= 0.6 is 0 Å². The third-order valence-corrected chi connectivity index (χ3v) is 4.02. The first-order valence-corrected chi connectivity index (χ1v) is 6.46. The van der Waals surface area contributed by atoms with Crippen molar-refractivity contribution < 1.29 is 0 Å². The van der Waals surface area contributed by atoms with E-state index in [0.29, 0.717) is 5.41 Å². The van der Waals surface area contributed by atoms with E-state index in [-0.39, 0.29) is 0 Å². The highest BCUT2D eigenvalue weighted by Crippen LogP contribution is 2.28. The molecule has 0 radical (unpaired) electrons. The number of hydrogen-bond donors (Lipinski definition) is 1. The number of rotatable bonds is 5. The molecule has 0 amide bonds. The number of nitrogens with two attached hydrogens (primary N) is 1. The van der Waals surface area contributed by atoms with Crippen molar-refractivity contribution >= 4 is 0 Å². The monoisotopic (exact) mass is 212 g/mol. The van der Waals surface area contributed by atoms with E-state index in [0.717, 1.165) is 18.6 Å². The molecule has 1 heterocycles. The van der Waals surface area contributed by atoms with Crippen LogP contribution in [0, 0.1) is 5.41 Å². The van der Waals surface area contributed by atoms with Gasteiger partial charge in [0.2, 0.25) is 0 Å². The quantitative estimate of drug-likeness (QED) is 0.759. The van der Waals surface area contributed by atoms with Gasteiger partial charge < -0.3 is 5.73 Å². The average molecular weight is 212 g/mol. The molecular weight excluding hydrogens is 184 g/mol. The second-order valence-electron chi connectivity index (χ2n) is 5.84. The van der Waals surface area contributed by atoms with Gasteiger partial charge in [0.05, 0.1) is 0 Å². The maximum Gasteiger partial charge on any atom is 0.00960 e. The van der Waals surface area contributed by atoms with Crippen LogP contribution in [0.1, 0.15) is 53.4 Å². The molecule has 1 fully saturated rings. The molecule has 2 N–H and O–H groups in total. The van der Waals surface area contributed by atoms with Gasteiger partial charge in [-0.25, -0.2) is 0 Å². The predicted molar refractivity (Wildman–Crippen MR) is 66.9 cm³/mol. The molecule has 1 aliphatic rings. The van der Waals surface area contributed by atoms with Crippen molar-refractivity contribution in [1.29, 1.82) is 0 Å². The molecule has 2 unspecified atom stereocenters. The van der Waals surface area contributed by atoms with E-state index < -0.39 is 0 Å². The molecule has 0 aromatic carbocycles. The molecule has 0 saturated carbocycles. The first-order chi connectivity index (χ1) is 7.00. The third kappa shape index (κ3) is 3.46. The van der Waals surface area contributed by atoms with Gasteiger partial charge in [-0.05, 0) is 51.1 Å². The molecule has 0 aliphatic carbocycles. The minimum atomic E-state index is 0.306. The summed E-state index contributed by atoms with van der Waals surface area (Å²) in [7, 11) is 0. The SMILES string of the molecule is CCC1CCC(C)N1CCC(C)(C)CN. The molecule has 1 aliphatic heterocycles. The van der Waals surface area contributed by atoms with Crippen LogP contribution in [0.3, 0.4) is 0 Å². The maximum atomic E-state index is 5.77. The summed E-state index contributed by atoms with van der Waals surface area (Å²) >= 11 is 0. The molecule has 2 nitrogen and oxygen atoms in total. The molecule has 0 bridgehead atoms. The van der Waals surface area contributed by atoms with E-state index in [2.05, 4.69) is 32.6 Å². The van der Waals surface area contributed by atoms with Crippen LogP contribution in [0.5, 0.6) is 0 Å². The number of nitrogens with zero attached hydrogens (tertiary/aromatic N) is 1. The fourth-order valence-electron chi connectivity index (χ4n) is 2.50. The summed E-state index contributed by atoms with van der Waals surface area (Å²) < 4.78 is 0. The minimum absolute atomic E-state index is 0.306. The molecule has 90 valence electrons. The van der Waals surface area contributed by atoms with Gasteiger partial charge in [-0.3, -0.25) is 4.90 Å². The summed E-state index contributed by atoms with van der Waals surface area (Å²) in [6, 6.07) is 1.61. The summed E-state index contributed by atoms with van der Waals surface area (Å²) in [5.41, 5.74) is 6.08. The Labute approximate surface area is 95.2 Å². The Hall–Kier alpha value is -0.0800. The van der Waals surface area contributed by atoms with Crippen molar-refractivity contribution in [2.45, 2.75) is 65.5 Å². The van der Waals surface area contributed by atoms with Gasteiger partial charge in [-0.1, -0.05) is 20.8 Å². The first kappa shape index (κ1) is 13.0. The summed E-state index contributed by atoms with van der Waals surface area (Å²) in [6.45, 7) is 11.2. The average Bonchev–Trinajstić information content (AvgIpc) is 2.56. The number of hydrogen-bond acceptors (Lipinski definition) is 2. The lowest BCUT2D eigenvalue weighted by atomic mass is 9.89. The summed E-state index contributed by atoms with van der Waals surface area (Å²) in [6.07, 6.45) is 5.29. The minimum Gasteiger partial charge on any atom is -0.330 e. The van der Waals surface area contributed by atoms with Gasteiger partial charge in [0.15, 0.2) is 0 Å². The maximum absolute atomic E-state index is 5.77. The van der Waals surface area contributed by atoms with Crippen LogP contribution in [-0.2, 0) is 0 Å². The standard InChI is InChI=1S/C13H28N2/c1-5-12-7-6-11(2)15(12)9-8-13(3,4)10-14/h11-12H,5-10,14H2,1-4H3. The van der Waals surface area contributed by atoms with E-state index in [9.17, 15) is 0 Å². The first-order valence-electron chi connectivity index (χ1n) is 6.46. The Morgan fingerprint density at radius 2 is 2.00 bits per heavy atom. The van der Waals surface area contributed by atoms with Crippen LogP contribution < -0.4 is 5.73 Å².